The van der Waals surface area contributed by atoms with Crippen LogP contribution in [0.2, 0.25) is 0 Å². The number of halogens is 2. The zero-order chi connectivity index (χ0) is 15.9. The lowest BCUT2D eigenvalue weighted by Gasteiger charge is -2.03. The van der Waals surface area contributed by atoms with Gasteiger partial charge in [-0.3, -0.25) is 0 Å². The molecule has 0 saturated carbocycles. The Bertz CT molecular complexity index is 730. The highest BCUT2D eigenvalue weighted by Crippen LogP contribution is 2.16. The molecule has 0 saturated heterocycles. The number of hydrogen-bond acceptors (Lipinski definition) is 0. The van der Waals surface area contributed by atoms with Crippen molar-refractivity contribution in [2.24, 2.45) is 0 Å². The third kappa shape index (κ3) is 3.96. The Morgan fingerprint density at radius 1 is 0.955 bits per heavy atom. The van der Waals surface area contributed by atoms with Gasteiger partial charge in [0.1, 0.15) is 11.6 Å². The van der Waals surface area contributed by atoms with Crippen LogP contribution in [0.25, 0.3) is 0 Å². The van der Waals surface area contributed by atoms with Crippen molar-refractivity contribution in [3.8, 4) is 24.2 Å². The smallest absolute Gasteiger partial charge is 0.142 e. The van der Waals surface area contributed by atoms with Crippen LogP contribution >= 0.6 is 0 Å². The van der Waals surface area contributed by atoms with E-state index >= 15 is 0 Å². The van der Waals surface area contributed by atoms with E-state index in [0.717, 1.165) is 18.4 Å². The van der Waals surface area contributed by atoms with Crippen LogP contribution in [0.15, 0.2) is 36.4 Å². The first-order chi connectivity index (χ1) is 10.6. The first kappa shape index (κ1) is 15.8. The molecule has 0 fully saturated rings. The van der Waals surface area contributed by atoms with Crippen LogP contribution in [0, 0.1) is 35.8 Å². The molecular formula is C20H16F2. The molecule has 0 N–H and O–H groups in total. The highest BCUT2D eigenvalue weighted by atomic mass is 19.1. The van der Waals surface area contributed by atoms with Gasteiger partial charge in [-0.05, 0) is 54.8 Å². The molecule has 0 atom stereocenters. The quantitative estimate of drug-likeness (QED) is 0.721. The number of terminal acetylenes is 1. The SMILES string of the molecule is C#Cc1ccc(C#Cc2c(F)cc(CCCC)cc2F)cc1. The molecule has 0 radical (unpaired) electrons. The van der Waals surface area contributed by atoms with E-state index in [-0.39, 0.29) is 5.56 Å². The third-order valence-electron chi connectivity index (χ3n) is 3.30. The fourth-order valence-corrected chi connectivity index (χ4v) is 2.05. The van der Waals surface area contributed by atoms with Gasteiger partial charge in [-0.2, -0.15) is 0 Å². The van der Waals surface area contributed by atoms with Gasteiger partial charge < -0.3 is 0 Å². The van der Waals surface area contributed by atoms with Gasteiger partial charge in [-0.1, -0.05) is 31.1 Å². The number of unbranched alkanes of at least 4 members (excludes halogenated alkanes) is 1. The number of rotatable bonds is 3. The Labute approximate surface area is 130 Å². The lowest BCUT2D eigenvalue weighted by Crippen LogP contribution is -1.95. The third-order valence-corrected chi connectivity index (χ3v) is 3.30. The average Bonchev–Trinajstić information content (AvgIpc) is 2.52. The van der Waals surface area contributed by atoms with Crippen molar-refractivity contribution >= 4 is 0 Å². The molecule has 0 heterocycles. The molecule has 0 aromatic heterocycles. The lowest BCUT2D eigenvalue weighted by molar-refractivity contribution is 0.572. The Kier molecular flexibility index (Phi) is 5.34. The van der Waals surface area contributed by atoms with Crippen molar-refractivity contribution < 1.29 is 8.78 Å². The molecular weight excluding hydrogens is 278 g/mol. The van der Waals surface area contributed by atoms with E-state index in [4.69, 9.17) is 6.42 Å². The second kappa shape index (κ2) is 7.43. The highest BCUT2D eigenvalue weighted by Gasteiger charge is 2.09. The van der Waals surface area contributed by atoms with Crippen molar-refractivity contribution in [3.63, 3.8) is 0 Å². The van der Waals surface area contributed by atoms with E-state index in [9.17, 15) is 8.78 Å². The molecule has 2 heteroatoms. The summed E-state index contributed by atoms with van der Waals surface area (Å²) in [6.45, 7) is 2.04. The van der Waals surface area contributed by atoms with Crippen molar-refractivity contribution in [3.05, 3.63) is 70.3 Å². The highest BCUT2D eigenvalue weighted by molar-refractivity contribution is 5.46. The van der Waals surface area contributed by atoms with Gasteiger partial charge >= 0.3 is 0 Å². The number of benzene rings is 2. The van der Waals surface area contributed by atoms with Gasteiger partial charge in [0.25, 0.3) is 0 Å². The molecule has 2 aromatic rings. The summed E-state index contributed by atoms with van der Waals surface area (Å²) in [6, 6.07) is 9.67. The Morgan fingerprint density at radius 2 is 1.55 bits per heavy atom. The van der Waals surface area contributed by atoms with Crippen molar-refractivity contribution in [1.82, 2.24) is 0 Å². The van der Waals surface area contributed by atoms with Crippen LogP contribution in [0.4, 0.5) is 8.78 Å². The van der Waals surface area contributed by atoms with Gasteiger partial charge in [0.2, 0.25) is 0 Å². The van der Waals surface area contributed by atoms with Crippen LogP contribution in [0.3, 0.4) is 0 Å². The molecule has 2 rings (SSSR count). The largest absolute Gasteiger partial charge is 0.206 e. The van der Waals surface area contributed by atoms with E-state index in [1.54, 1.807) is 24.3 Å². The zero-order valence-corrected chi connectivity index (χ0v) is 12.4. The van der Waals surface area contributed by atoms with Crippen molar-refractivity contribution in [1.29, 1.82) is 0 Å². The number of hydrogen-bond donors (Lipinski definition) is 0. The maximum absolute atomic E-state index is 14.0. The van der Waals surface area contributed by atoms with Gasteiger partial charge in [0.15, 0.2) is 0 Å². The second-order valence-corrected chi connectivity index (χ2v) is 5.01. The normalized spacial score (nSPS) is 9.73. The molecule has 0 spiro atoms. The summed E-state index contributed by atoms with van der Waals surface area (Å²) >= 11 is 0. The first-order valence-electron chi connectivity index (χ1n) is 7.20. The molecule has 0 amide bonds. The summed E-state index contributed by atoms with van der Waals surface area (Å²) < 4.78 is 28.0. The van der Waals surface area contributed by atoms with Crippen LogP contribution in [-0.2, 0) is 6.42 Å². The summed E-state index contributed by atoms with van der Waals surface area (Å²) in [5.41, 5.74) is 1.87. The maximum Gasteiger partial charge on any atom is 0.142 e. The summed E-state index contributed by atoms with van der Waals surface area (Å²) in [7, 11) is 0. The second-order valence-electron chi connectivity index (χ2n) is 5.01. The molecule has 2 aromatic carbocycles. The van der Waals surface area contributed by atoms with Gasteiger partial charge in [-0.25, -0.2) is 8.78 Å². The molecule has 0 bridgehead atoms. The van der Waals surface area contributed by atoms with E-state index in [1.807, 2.05) is 6.92 Å². The van der Waals surface area contributed by atoms with Gasteiger partial charge in [-0.15, -0.1) is 6.42 Å². The molecule has 0 aliphatic carbocycles. The maximum atomic E-state index is 14.0. The Balaban J connectivity index is 2.26. The predicted octanol–water partition coefficient (Wildman–Crippen LogP) is 4.69. The molecule has 22 heavy (non-hydrogen) atoms. The van der Waals surface area contributed by atoms with Gasteiger partial charge in [0.05, 0.1) is 5.56 Å². The molecule has 0 aliphatic rings. The van der Waals surface area contributed by atoms with Crippen LogP contribution in [0.1, 0.15) is 42.0 Å². The van der Waals surface area contributed by atoms with Crippen LogP contribution in [-0.4, -0.2) is 0 Å². The van der Waals surface area contributed by atoms with Crippen LogP contribution < -0.4 is 0 Å². The zero-order valence-electron chi connectivity index (χ0n) is 12.4. The summed E-state index contributed by atoms with van der Waals surface area (Å²) in [5.74, 6) is 6.60. The Morgan fingerprint density at radius 3 is 2.09 bits per heavy atom. The fraction of sp³-hybridized carbons (Fsp3) is 0.200. The predicted molar refractivity (Wildman–Crippen MR) is 85.3 cm³/mol. The molecule has 0 nitrogen and oxygen atoms in total. The minimum Gasteiger partial charge on any atom is -0.206 e. The van der Waals surface area contributed by atoms with E-state index in [0.29, 0.717) is 17.5 Å². The van der Waals surface area contributed by atoms with Crippen molar-refractivity contribution in [2.45, 2.75) is 26.2 Å². The summed E-state index contributed by atoms with van der Waals surface area (Å²) in [5, 5.41) is 0. The fourth-order valence-electron chi connectivity index (χ4n) is 2.05. The minimum atomic E-state index is -0.612. The average molecular weight is 294 g/mol. The lowest BCUT2D eigenvalue weighted by atomic mass is 10.0. The summed E-state index contributed by atoms with van der Waals surface area (Å²) in [4.78, 5) is 0. The minimum absolute atomic E-state index is 0.193. The van der Waals surface area contributed by atoms with E-state index in [2.05, 4.69) is 17.8 Å². The number of aryl methyl sites for hydroxylation is 1. The monoisotopic (exact) mass is 294 g/mol. The Hall–Kier alpha value is -2.58. The molecule has 110 valence electrons. The standard InChI is InChI=1S/C20H16F2/c1-3-5-6-17-13-19(21)18(20(22)14-17)12-11-16-9-7-15(4-2)8-10-16/h2,7-10,13-14H,3,5-6H2,1H3. The van der Waals surface area contributed by atoms with Crippen LogP contribution in [0.5, 0.6) is 0 Å². The first-order valence-corrected chi connectivity index (χ1v) is 7.20. The summed E-state index contributed by atoms with van der Waals surface area (Å²) in [6.07, 6.45) is 7.83. The topological polar surface area (TPSA) is 0 Å². The van der Waals surface area contributed by atoms with E-state index in [1.165, 1.54) is 12.1 Å². The van der Waals surface area contributed by atoms with E-state index < -0.39 is 11.6 Å². The molecule has 0 aliphatic heterocycles. The molecule has 0 unspecified atom stereocenters. The van der Waals surface area contributed by atoms with Crippen molar-refractivity contribution in [2.75, 3.05) is 0 Å². The van der Waals surface area contributed by atoms with Gasteiger partial charge in [0, 0.05) is 11.1 Å².